The van der Waals surface area contributed by atoms with Crippen LogP contribution in [0.4, 0.5) is 0 Å². The van der Waals surface area contributed by atoms with Gasteiger partial charge in [-0.25, -0.2) is 0 Å². The van der Waals surface area contributed by atoms with Crippen molar-refractivity contribution in [2.75, 3.05) is 27.3 Å². The normalized spacial score (nSPS) is 27.4. The van der Waals surface area contributed by atoms with Crippen molar-refractivity contribution in [1.29, 1.82) is 0 Å². The van der Waals surface area contributed by atoms with Crippen LogP contribution < -0.4 is 0 Å². The lowest BCUT2D eigenvalue weighted by Gasteiger charge is -2.28. The maximum Gasteiger partial charge on any atom is 0.0971 e. The van der Waals surface area contributed by atoms with Gasteiger partial charge in [0.1, 0.15) is 0 Å². The fourth-order valence-electron chi connectivity index (χ4n) is 2.69. The molecule has 1 saturated heterocycles. The Balaban J connectivity index is 2.02. The van der Waals surface area contributed by atoms with Crippen molar-refractivity contribution < 1.29 is 14.6 Å². The molecule has 4 heteroatoms. The van der Waals surface area contributed by atoms with Crippen LogP contribution in [0.1, 0.15) is 18.6 Å². The molecule has 1 heterocycles. The summed E-state index contributed by atoms with van der Waals surface area (Å²) in [7, 11) is 3.41. The van der Waals surface area contributed by atoms with Crippen LogP contribution >= 0.6 is 0 Å². The minimum atomic E-state index is -0.491. The largest absolute Gasteiger partial charge is 0.387 e. The molecule has 106 valence electrons. The average Bonchev–Trinajstić information content (AvgIpc) is 2.89. The first kappa shape index (κ1) is 14.5. The van der Waals surface area contributed by atoms with Gasteiger partial charge in [-0.1, -0.05) is 30.3 Å². The zero-order valence-corrected chi connectivity index (χ0v) is 11.8. The average molecular weight is 265 g/mol. The van der Waals surface area contributed by atoms with Crippen LogP contribution in [-0.4, -0.2) is 55.6 Å². The highest BCUT2D eigenvalue weighted by molar-refractivity contribution is 5.18. The third-order valence-electron chi connectivity index (χ3n) is 4.02. The standard InChI is InChI=1S/C15H23NO3/c1-11(15(17)12-7-5-4-6-8-12)16-9-13(18-2)14(10-16)19-3/h4-8,11,13-15,17H,9-10H2,1-3H3. The van der Waals surface area contributed by atoms with Gasteiger partial charge in [-0.15, -0.1) is 0 Å². The summed E-state index contributed by atoms with van der Waals surface area (Å²) < 4.78 is 10.9. The first-order valence-corrected chi connectivity index (χ1v) is 6.70. The molecular weight excluding hydrogens is 242 g/mol. The quantitative estimate of drug-likeness (QED) is 0.875. The van der Waals surface area contributed by atoms with Gasteiger partial charge in [0.2, 0.25) is 0 Å². The fourth-order valence-corrected chi connectivity index (χ4v) is 2.69. The summed E-state index contributed by atoms with van der Waals surface area (Å²) in [6, 6.07) is 9.81. The molecule has 19 heavy (non-hydrogen) atoms. The number of benzene rings is 1. The number of nitrogens with zero attached hydrogens (tertiary/aromatic N) is 1. The summed E-state index contributed by atoms with van der Waals surface area (Å²) in [6.45, 7) is 3.63. The molecule has 0 aromatic heterocycles. The van der Waals surface area contributed by atoms with Gasteiger partial charge in [0.15, 0.2) is 0 Å². The highest BCUT2D eigenvalue weighted by atomic mass is 16.5. The van der Waals surface area contributed by atoms with Crippen LogP contribution in [0.25, 0.3) is 0 Å². The van der Waals surface area contributed by atoms with Crippen LogP contribution in [-0.2, 0) is 9.47 Å². The molecule has 0 bridgehead atoms. The molecule has 0 aliphatic carbocycles. The summed E-state index contributed by atoms with van der Waals surface area (Å²) in [4.78, 5) is 2.22. The van der Waals surface area contributed by atoms with Crippen LogP contribution in [0.15, 0.2) is 30.3 Å². The Morgan fingerprint density at radius 3 is 2.11 bits per heavy atom. The molecule has 0 amide bonds. The van der Waals surface area contributed by atoms with Crippen molar-refractivity contribution in [3.8, 4) is 0 Å². The summed E-state index contributed by atoms with van der Waals surface area (Å²) in [5.41, 5.74) is 0.949. The molecule has 0 spiro atoms. The monoisotopic (exact) mass is 265 g/mol. The number of hydrogen-bond acceptors (Lipinski definition) is 4. The first-order valence-electron chi connectivity index (χ1n) is 6.70. The van der Waals surface area contributed by atoms with Crippen LogP contribution in [0.5, 0.6) is 0 Å². The highest BCUT2D eigenvalue weighted by Gasteiger charge is 2.37. The molecule has 1 N–H and O–H groups in total. The van der Waals surface area contributed by atoms with E-state index in [4.69, 9.17) is 9.47 Å². The number of aliphatic hydroxyl groups is 1. The predicted molar refractivity (Wildman–Crippen MR) is 74.0 cm³/mol. The smallest absolute Gasteiger partial charge is 0.0971 e. The molecule has 1 aliphatic rings. The molecule has 1 fully saturated rings. The van der Waals surface area contributed by atoms with E-state index < -0.39 is 6.10 Å². The molecule has 4 unspecified atom stereocenters. The lowest BCUT2D eigenvalue weighted by molar-refractivity contribution is -0.00461. The van der Waals surface area contributed by atoms with Crippen molar-refractivity contribution in [2.45, 2.75) is 31.3 Å². The van der Waals surface area contributed by atoms with Crippen LogP contribution in [0.2, 0.25) is 0 Å². The second kappa shape index (κ2) is 6.48. The number of rotatable bonds is 5. The van der Waals surface area contributed by atoms with E-state index in [2.05, 4.69) is 4.90 Å². The molecule has 4 atom stereocenters. The number of aliphatic hydroxyl groups excluding tert-OH is 1. The molecule has 2 rings (SSSR count). The van der Waals surface area contributed by atoms with E-state index in [1.165, 1.54) is 0 Å². The Kier molecular flexibility index (Phi) is 4.93. The zero-order chi connectivity index (χ0) is 13.8. The van der Waals surface area contributed by atoms with Crippen molar-refractivity contribution >= 4 is 0 Å². The van der Waals surface area contributed by atoms with E-state index >= 15 is 0 Å². The van der Waals surface area contributed by atoms with Gasteiger partial charge in [-0.05, 0) is 12.5 Å². The van der Waals surface area contributed by atoms with E-state index in [1.54, 1.807) is 14.2 Å². The van der Waals surface area contributed by atoms with Gasteiger partial charge < -0.3 is 14.6 Å². The van der Waals surface area contributed by atoms with Crippen molar-refractivity contribution in [2.24, 2.45) is 0 Å². The molecular formula is C15H23NO3. The van der Waals surface area contributed by atoms with Gasteiger partial charge >= 0.3 is 0 Å². The first-order chi connectivity index (χ1) is 9.17. The van der Waals surface area contributed by atoms with Crippen LogP contribution in [0.3, 0.4) is 0 Å². The number of methoxy groups -OCH3 is 2. The van der Waals surface area contributed by atoms with Crippen molar-refractivity contribution in [3.05, 3.63) is 35.9 Å². The maximum atomic E-state index is 10.4. The second-order valence-corrected chi connectivity index (χ2v) is 5.10. The Labute approximate surface area is 114 Å². The topological polar surface area (TPSA) is 41.9 Å². The van der Waals surface area contributed by atoms with Gasteiger partial charge in [0.05, 0.1) is 18.3 Å². The third-order valence-corrected chi connectivity index (χ3v) is 4.02. The van der Waals surface area contributed by atoms with Gasteiger partial charge in [-0.2, -0.15) is 0 Å². The number of likely N-dealkylation sites (tertiary alicyclic amines) is 1. The van der Waals surface area contributed by atoms with Crippen molar-refractivity contribution in [3.63, 3.8) is 0 Å². The minimum Gasteiger partial charge on any atom is -0.387 e. The predicted octanol–water partition coefficient (Wildman–Crippen LogP) is 1.45. The molecule has 4 nitrogen and oxygen atoms in total. The highest BCUT2D eigenvalue weighted by Crippen LogP contribution is 2.25. The molecule has 1 aromatic rings. The zero-order valence-electron chi connectivity index (χ0n) is 11.8. The summed E-state index contributed by atoms with van der Waals surface area (Å²) in [6.07, 6.45) is -0.333. The molecule has 0 saturated carbocycles. The van der Waals surface area contributed by atoms with E-state index in [1.807, 2.05) is 37.3 Å². The lowest BCUT2D eigenvalue weighted by atomic mass is 10.0. The molecule has 0 radical (unpaired) electrons. The van der Waals surface area contributed by atoms with Crippen LogP contribution in [0, 0.1) is 0 Å². The van der Waals surface area contributed by atoms with Gasteiger partial charge in [0, 0.05) is 33.4 Å². The Morgan fingerprint density at radius 1 is 1.11 bits per heavy atom. The summed E-state index contributed by atoms with van der Waals surface area (Å²) in [5.74, 6) is 0. The second-order valence-electron chi connectivity index (χ2n) is 5.10. The van der Waals surface area contributed by atoms with E-state index in [0.717, 1.165) is 18.7 Å². The Hall–Kier alpha value is -0.940. The molecule has 1 aliphatic heterocycles. The maximum absolute atomic E-state index is 10.4. The summed E-state index contributed by atoms with van der Waals surface area (Å²) >= 11 is 0. The minimum absolute atomic E-state index is 0.0419. The Bertz CT molecular complexity index is 372. The number of hydrogen-bond donors (Lipinski definition) is 1. The third kappa shape index (κ3) is 3.15. The van der Waals surface area contributed by atoms with E-state index in [9.17, 15) is 5.11 Å². The fraction of sp³-hybridized carbons (Fsp3) is 0.600. The van der Waals surface area contributed by atoms with E-state index in [0.29, 0.717) is 0 Å². The van der Waals surface area contributed by atoms with Crippen molar-refractivity contribution in [1.82, 2.24) is 4.90 Å². The van der Waals surface area contributed by atoms with Gasteiger partial charge in [-0.3, -0.25) is 4.90 Å². The SMILES string of the molecule is COC1CN(C(C)C(O)c2ccccc2)CC1OC. The lowest BCUT2D eigenvalue weighted by Crippen LogP contribution is -2.36. The van der Waals surface area contributed by atoms with E-state index in [-0.39, 0.29) is 18.2 Å². The Morgan fingerprint density at radius 2 is 1.63 bits per heavy atom. The molecule has 1 aromatic carbocycles. The van der Waals surface area contributed by atoms with Gasteiger partial charge in [0.25, 0.3) is 0 Å². The summed E-state index contributed by atoms with van der Waals surface area (Å²) in [5, 5.41) is 10.4. The number of ether oxygens (including phenoxy) is 2.